The molecule has 0 aliphatic carbocycles. The normalized spacial score (nSPS) is 10.5. The van der Waals surface area contributed by atoms with Crippen LogP contribution in [0.25, 0.3) is 0 Å². The van der Waals surface area contributed by atoms with Gasteiger partial charge in [0.2, 0.25) is 0 Å². The third-order valence-electron chi connectivity index (χ3n) is 1.60. The number of hydrogen-bond donors (Lipinski definition) is 1. The molecule has 1 rings (SSSR count). The molecule has 11 heavy (non-hydrogen) atoms. The standard InChI is InChI=1S/C7H13N3O/c1-6-7(3-4-11-8)5-10(2)9-6/h5H,3-4,8H2,1-2H3. The van der Waals surface area contributed by atoms with Gasteiger partial charge in [0.25, 0.3) is 0 Å². The molecule has 0 radical (unpaired) electrons. The highest BCUT2D eigenvalue weighted by Gasteiger charge is 2.01. The molecule has 1 heterocycles. The van der Waals surface area contributed by atoms with E-state index >= 15 is 0 Å². The monoisotopic (exact) mass is 155 g/mol. The van der Waals surface area contributed by atoms with Crippen molar-refractivity contribution in [2.24, 2.45) is 12.9 Å². The topological polar surface area (TPSA) is 53.1 Å². The first kappa shape index (κ1) is 8.23. The summed E-state index contributed by atoms with van der Waals surface area (Å²) in [6.45, 7) is 2.53. The first-order valence-corrected chi connectivity index (χ1v) is 3.55. The average Bonchev–Trinajstić information content (AvgIpc) is 2.26. The van der Waals surface area contributed by atoms with Gasteiger partial charge < -0.3 is 4.84 Å². The van der Waals surface area contributed by atoms with Crippen molar-refractivity contribution >= 4 is 0 Å². The van der Waals surface area contributed by atoms with Crippen LogP contribution in [0, 0.1) is 6.92 Å². The fraction of sp³-hybridized carbons (Fsp3) is 0.571. The number of rotatable bonds is 3. The maximum Gasteiger partial charge on any atom is 0.0720 e. The molecule has 62 valence electrons. The van der Waals surface area contributed by atoms with Crippen molar-refractivity contribution in [3.05, 3.63) is 17.5 Å². The van der Waals surface area contributed by atoms with Gasteiger partial charge in [0.05, 0.1) is 12.3 Å². The van der Waals surface area contributed by atoms with Gasteiger partial charge in [0.15, 0.2) is 0 Å². The minimum atomic E-state index is 0.548. The van der Waals surface area contributed by atoms with Crippen molar-refractivity contribution < 1.29 is 4.84 Å². The average molecular weight is 155 g/mol. The summed E-state index contributed by atoms with van der Waals surface area (Å²) in [6.07, 6.45) is 2.81. The van der Waals surface area contributed by atoms with Crippen molar-refractivity contribution in [2.75, 3.05) is 6.61 Å². The first-order valence-electron chi connectivity index (χ1n) is 3.55. The molecule has 0 aromatic carbocycles. The molecular weight excluding hydrogens is 142 g/mol. The van der Waals surface area contributed by atoms with E-state index in [1.807, 2.05) is 20.2 Å². The number of nitrogens with zero attached hydrogens (tertiary/aromatic N) is 2. The Kier molecular flexibility index (Phi) is 2.62. The highest BCUT2D eigenvalue weighted by atomic mass is 16.6. The van der Waals surface area contributed by atoms with Crippen LogP contribution >= 0.6 is 0 Å². The van der Waals surface area contributed by atoms with Gasteiger partial charge >= 0.3 is 0 Å². The van der Waals surface area contributed by atoms with E-state index in [1.165, 1.54) is 5.56 Å². The molecule has 0 saturated heterocycles. The predicted molar refractivity (Wildman–Crippen MR) is 41.8 cm³/mol. The number of aromatic nitrogens is 2. The van der Waals surface area contributed by atoms with Gasteiger partial charge in [-0.05, 0) is 12.5 Å². The van der Waals surface area contributed by atoms with Crippen LogP contribution in [0.3, 0.4) is 0 Å². The molecule has 2 N–H and O–H groups in total. The Balaban J connectivity index is 2.62. The van der Waals surface area contributed by atoms with E-state index in [1.54, 1.807) is 4.68 Å². The fourth-order valence-corrected chi connectivity index (χ4v) is 1.06. The molecule has 4 nitrogen and oxygen atoms in total. The summed E-state index contributed by atoms with van der Waals surface area (Å²) in [4.78, 5) is 4.47. The lowest BCUT2D eigenvalue weighted by molar-refractivity contribution is 0.141. The van der Waals surface area contributed by atoms with Crippen molar-refractivity contribution in [1.82, 2.24) is 9.78 Å². The molecule has 0 unspecified atom stereocenters. The van der Waals surface area contributed by atoms with Crippen LogP contribution in [-0.2, 0) is 18.3 Å². The molecule has 0 saturated carbocycles. The summed E-state index contributed by atoms with van der Waals surface area (Å²) in [5.74, 6) is 4.91. The summed E-state index contributed by atoms with van der Waals surface area (Å²) in [7, 11) is 1.90. The van der Waals surface area contributed by atoms with Gasteiger partial charge in [0, 0.05) is 19.7 Å². The molecule has 0 atom stereocenters. The number of hydrogen-bond acceptors (Lipinski definition) is 3. The fourth-order valence-electron chi connectivity index (χ4n) is 1.06. The van der Waals surface area contributed by atoms with Gasteiger partial charge in [-0.25, -0.2) is 5.90 Å². The van der Waals surface area contributed by atoms with Crippen molar-refractivity contribution in [2.45, 2.75) is 13.3 Å². The zero-order chi connectivity index (χ0) is 8.27. The summed E-state index contributed by atoms with van der Waals surface area (Å²) >= 11 is 0. The number of aryl methyl sites for hydroxylation is 2. The second-order valence-electron chi connectivity index (χ2n) is 2.53. The van der Waals surface area contributed by atoms with Gasteiger partial charge in [-0.15, -0.1) is 0 Å². The summed E-state index contributed by atoms with van der Waals surface area (Å²) < 4.78 is 1.79. The SMILES string of the molecule is Cc1nn(C)cc1CCON. The van der Waals surface area contributed by atoms with Crippen LogP contribution in [0.15, 0.2) is 6.20 Å². The third kappa shape index (κ3) is 2.03. The largest absolute Gasteiger partial charge is 0.304 e. The van der Waals surface area contributed by atoms with Gasteiger partial charge in [0.1, 0.15) is 0 Å². The second-order valence-corrected chi connectivity index (χ2v) is 2.53. The van der Waals surface area contributed by atoms with E-state index in [4.69, 9.17) is 5.90 Å². The molecule has 1 aromatic rings. The Bertz CT molecular complexity index is 232. The second kappa shape index (κ2) is 3.50. The van der Waals surface area contributed by atoms with Crippen LogP contribution in [-0.4, -0.2) is 16.4 Å². The Hall–Kier alpha value is -0.870. The maximum atomic E-state index is 4.91. The summed E-state index contributed by atoms with van der Waals surface area (Å²) in [5, 5.41) is 4.18. The van der Waals surface area contributed by atoms with E-state index in [2.05, 4.69) is 9.94 Å². The van der Waals surface area contributed by atoms with Crippen molar-refractivity contribution in [3.8, 4) is 0 Å². The predicted octanol–water partition coefficient (Wildman–Crippen LogP) is 0.161. The van der Waals surface area contributed by atoms with Gasteiger partial charge in [-0.3, -0.25) is 4.68 Å². The quantitative estimate of drug-likeness (QED) is 0.633. The van der Waals surface area contributed by atoms with Crippen LogP contribution in [0.2, 0.25) is 0 Å². The lowest BCUT2D eigenvalue weighted by Gasteiger charge is -1.94. The minimum Gasteiger partial charge on any atom is -0.304 e. The Morgan fingerprint density at radius 3 is 2.91 bits per heavy atom. The molecule has 0 bridgehead atoms. The maximum absolute atomic E-state index is 4.91. The molecule has 1 aromatic heterocycles. The highest BCUT2D eigenvalue weighted by molar-refractivity contribution is 5.15. The molecule has 0 aliphatic heterocycles. The van der Waals surface area contributed by atoms with Gasteiger partial charge in [-0.1, -0.05) is 0 Å². The van der Waals surface area contributed by atoms with E-state index in [0.29, 0.717) is 6.61 Å². The molecule has 0 amide bonds. The first-order chi connectivity index (χ1) is 5.24. The minimum absolute atomic E-state index is 0.548. The molecule has 0 fully saturated rings. The lowest BCUT2D eigenvalue weighted by Crippen LogP contribution is -2.03. The van der Waals surface area contributed by atoms with Gasteiger partial charge in [-0.2, -0.15) is 5.10 Å². The molecular formula is C7H13N3O. The van der Waals surface area contributed by atoms with Crippen LogP contribution in [0.4, 0.5) is 0 Å². The zero-order valence-electron chi connectivity index (χ0n) is 6.87. The van der Waals surface area contributed by atoms with Crippen LogP contribution in [0.1, 0.15) is 11.3 Å². The van der Waals surface area contributed by atoms with Crippen molar-refractivity contribution in [1.29, 1.82) is 0 Å². The molecule has 4 heteroatoms. The van der Waals surface area contributed by atoms with E-state index in [9.17, 15) is 0 Å². The van der Waals surface area contributed by atoms with Crippen LogP contribution in [0.5, 0.6) is 0 Å². The van der Waals surface area contributed by atoms with E-state index in [-0.39, 0.29) is 0 Å². The molecule has 0 aliphatic rings. The summed E-state index contributed by atoms with van der Waals surface area (Å²) in [5.41, 5.74) is 2.24. The highest BCUT2D eigenvalue weighted by Crippen LogP contribution is 2.04. The third-order valence-corrected chi connectivity index (χ3v) is 1.60. The van der Waals surface area contributed by atoms with E-state index in [0.717, 1.165) is 12.1 Å². The Morgan fingerprint density at radius 2 is 2.45 bits per heavy atom. The Morgan fingerprint density at radius 1 is 1.73 bits per heavy atom. The Labute approximate surface area is 65.9 Å². The van der Waals surface area contributed by atoms with Crippen molar-refractivity contribution in [3.63, 3.8) is 0 Å². The van der Waals surface area contributed by atoms with Crippen LogP contribution < -0.4 is 5.90 Å². The zero-order valence-corrected chi connectivity index (χ0v) is 6.87. The summed E-state index contributed by atoms with van der Waals surface area (Å²) in [6, 6.07) is 0. The van der Waals surface area contributed by atoms with E-state index < -0.39 is 0 Å². The molecule has 0 spiro atoms. The lowest BCUT2D eigenvalue weighted by atomic mass is 10.2. The number of nitrogens with two attached hydrogens (primary N) is 1. The smallest absolute Gasteiger partial charge is 0.0720 e.